The fourth-order valence-electron chi connectivity index (χ4n) is 2.56. The number of nitrogens with zero attached hydrogens (tertiary/aromatic N) is 3. The van der Waals surface area contributed by atoms with Gasteiger partial charge >= 0.3 is 6.01 Å². The average Bonchev–Trinajstić information content (AvgIpc) is 3.05. The van der Waals surface area contributed by atoms with Gasteiger partial charge in [0, 0.05) is 12.8 Å². The van der Waals surface area contributed by atoms with Gasteiger partial charge in [-0.3, -0.25) is 4.79 Å². The van der Waals surface area contributed by atoms with Crippen molar-refractivity contribution >= 4 is 11.6 Å². The summed E-state index contributed by atoms with van der Waals surface area (Å²) in [4.78, 5) is 16.0. The zero-order valence-electron chi connectivity index (χ0n) is 15.8. The molecular formula is C20H21FN4O3. The Morgan fingerprint density at radius 2 is 1.89 bits per heavy atom. The van der Waals surface area contributed by atoms with Crippen LogP contribution in [0.15, 0.2) is 48.5 Å². The molecule has 146 valence electrons. The summed E-state index contributed by atoms with van der Waals surface area (Å²) in [6, 6.07) is 13.4. The second-order valence-corrected chi connectivity index (χ2v) is 6.30. The predicted molar refractivity (Wildman–Crippen MR) is 103 cm³/mol. The molecule has 0 radical (unpaired) electrons. The van der Waals surface area contributed by atoms with Crippen LogP contribution in [-0.2, 0) is 9.53 Å². The van der Waals surface area contributed by atoms with Crippen molar-refractivity contribution in [2.45, 2.75) is 20.0 Å². The van der Waals surface area contributed by atoms with Crippen molar-refractivity contribution in [3.05, 3.63) is 54.3 Å². The molecule has 3 aromatic rings. The Bertz CT molecular complexity index is 954. The first-order valence-electron chi connectivity index (χ1n) is 8.75. The molecule has 1 aromatic heterocycles. The van der Waals surface area contributed by atoms with Crippen LogP contribution in [0.2, 0.25) is 0 Å². The summed E-state index contributed by atoms with van der Waals surface area (Å²) < 4.78 is 26.2. The summed E-state index contributed by atoms with van der Waals surface area (Å²) in [6.07, 6.45) is -0.123. The number of carbonyl (C=O) groups is 1. The summed E-state index contributed by atoms with van der Waals surface area (Å²) >= 11 is 0. The molecule has 0 spiro atoms. The van der Waals surface area contributed by atoms with Crippen molar-refractivity contribution in [1.82, 2.24) is 14.8 Å². The van der Waals surface area contributed by atoms with Gasteiger partial charge in [-0.05, 0) is 50.2 Å². The fourth-order valence-corrected chi connectivity index (χ4v) is 2.56. The van der Waals surface area contributed by atoms with E-state index in [2.05, 4.69) is 15.4 Å². The molecule has 8 heteroatoms. The summed E-state index contributed by atoms with van der Waals surface area (Å²) in [5.41, 5.74) is 1.57. The van der Waals surface area contributed by atoms with E-state index < -0.39 is 5.82 Å². The van der Waals surface area contributed by atoms with Crippen molar-refractivity contribution in [2.24, 2.45) is 0 Å². The number of anilines is 1. The topological polar surface area (TPSA) is 78.3 Å². The highest BCUT2D eigenvalue weighted by atomic mass is 19.1. The molecule has 0 aliphatic heterocycles. The maximum atomic E-state index is 14.3. The lowest BCUT2D eigenvalue weighted by molar-refractivity contribution is -0.119. The molecular weight excluding hydrogens is 363 g/mol. The van der Waals surface area contributed by atoms with Gasteiger partial charge in [0.05, 0.1) is 17.4 Å². The Balaban J connectivity index is 1.97. The van der Waals surface area contributed by atoms with Gasteiger partial charge in [0.15, 0.2) is 5.82 Å². The Morgan fingerprint density at radius 3 is 2.54 bits per heavy atom. The minimum Gasteiger partial charge on any atom is -0.460 e. The Hall–Kier alpha value is -3.26. The van der Waals surface area contributed by atoms with Crippen LogP contribution in [0.3, 0.4) is 0 Å². The van der Waals surface area contributed by atoms with Gasteiger partial charge in [-0.15, -0.1) is 5.10 Å². The number of carbonyl (C=O) groups excluding carboxylic acids is 1. The van der Waals surface area contributed by atoms with E-state index in [4.69, 9.17) is 9.47 Å². The van der Waals surface area contributed by atoms with Crippen LogP contribution in [0.5, 0.6) is 6.01 Å². The number of aromatic nitrogens is 3. The summed E-state index contributed by atoms with van der Waals surface area (Å²) in [7, 11) is 1.45. The largest absolute Gasteiger partial charge is 0.460 e. The Labute approximate surface area is 162 Å². The van der Waals surface area contributed by atoms with Crippen molar-refractivity contribution in [3.63, 3.8) is 0 Å². The maximum Gasteiger partial charge on any atom is 0.336 e. The van der Waals surface area contributed by atoms with E-state index in [1.54, 1.807) is 42.5 Å². The molecule has 1 amide bonds. The van der Waals surface area contributed by atoms with Crippen LogP contribution < -0.4 is 10.1 Å². The van der Waals surface area contributed by atoms with E-state index >= 15 is 0 Å². The second kappa shape index (κ2) is 8.62. The molecule has 28 heavy (non-hydrogen) atoms. The highest BCUT2D eigenvalue weighted by molar-refractivity contribution is 5.91. The van der Waals surface area contributed by atoms with Gasteiger partial charge in [0.2, 0.25) is 5.91 Å². The monoisotopic (exact) mass is 384 g/mol. The number of rotatable bonds is 7. The molecule has 0 saturated heterocycles. The quantitative estimate of drug-likeness (QED) is 0.675. The molecule has 0 atom stereocenters. The number of hydrogen-bond acceptors (Lipinski definition) is 5. The maximum absolute atomic E-state index is 14.3. The third kappa shape index (κ3) is 4.52. The van der Waals surface area contributed by atoms with Crippen LogP contribution in [0, 0.1) is 5.82 Å². The summed E-state index contributed by atoms with van der Waals surface area (Å²) in [6.45, 7) is 3.69. The van der Waals surface area contributed by atoms with Crippen LogP contribution >= 0.6 is 0 Å². The number of ether oxygens (including phenoxy) is 2. The molecule has 3 rings (SSSR count). The Kier molecular flexibility index (Phi) is 6.00. The number of nitrogens with one attached hydrogen (secondary N) is 1. The molecule has 0 aliphatic carbocycles. The van der Waals surface area contributed by atoms with Gasteiger partial charge in [0.25, 0.3) is 0 Å². The molecule has 2 aromatic carbocycles. The lowest BCUT2D eigenvalue weighted by Crippen LogP contribution is -2.17. The third-order valence-corrected chi connectivity index (χ3v) is 3.71. The smallest absolute Gasteiger partial charge is 0.336 e. The van der Waals surface area contributed by atoms with Crippen LogP contribution in [-0.4, -0.2) is 40.5 Å². The van der Waals surface area contributed by atoms with Crippen LogP contribution in [0.4, 0.5) is 10.1 Å². The SMILES string of the molecule is COCC(=O)Nc1ccc(-n2nc(OC(C)C)nc2-c2ccccc2F)cc1. The molecule has 0 fully saturated rings. The van der Waals surface area contributed by atoms with Crippen LogP contribution in [0.25, 0.3) is 17.1 Å². The van der Waals surface area contributed by atoms with Crippen LogP contribution in [0.1, 0.15) is 13.8 Å². The highest BCUT2D eigenvalue weighted by Gasteiger charge is 2.18. The number of amides is 1. The van der Waals surface area contributed by atoms with E-state index in [1.807, 2.05) is 13.8 Å². The first-order valence-corrected chi connectivity index (χ1v) is 8.75. The summed E-state index contributed by atoms with van der Waals surface area (Å²) in [5.74, 6) is -0.337. The number of halogens is 1. The van der Waals surface area contributed by atoms with E-state index in [0.717, 1.165) is 0 Å². The molecule has 1 N–H and O–H groups in total. The fraction of sp³-hybridized carbons (Fsp3) is 0.250. The first-order chi connectivity index (χ1) is 13.5. The standard InChI is InChI=1S/C20H21FN4O3/c1-13(2)28-20-23-19(16-6-4-5-7-17(16)21)25(24-20)15-10-8-14(9-11-15)22-18(26)12-27-3/h4-11,13H,12H2,1-3H3,(H,22,26). The zero-order chi connectivity index (χ0) is 20.1. The lowest BCUT2D eigenvalue weighted by Gasteiger charge is -2.08. The first kappa shape index (κ1) is 19.5. The van der Waals surface area contributed by atoms with Gasteiger partial charge in [-0.1, -0.05) is 12.1 Å². The number of methoxy groups -OCH3 is 1. The number of benzene rings is 2. The molecule has 0 unspecified atom stereocenters. The lowest BCUT2D eigenvalue weighted by atomic mass is 10.2. The number of hydrogen-bond donors (Lipinski definition) is 1. The second-order valence-electron chi connectivity index (χ2n) is 6.30. The van der Waals surface area contributed by atoms with Gasteiger partial charge < -0.3 is 14.8 Å². The summed E-state index contributed by atoms with van der Waals surface area (Å²) in [5, 5.41) is 7.08. The van der Waals surface area contributed by atoms with E-state index in [0.29, 0.717) is 22.8 Å². The van der Waals surface area contributed by atoms with Gasteiger partial charge in [0.1, 0.15) is 12.4 Å². The third-order valence-electron chi connectivity index (χ3n) is 3.71. The molecule has 0 bridgehead atoms. The van der Waals surface area contributed by atoms with Crippen molar-refractivity contribution in [3.8, 4) is 23.1 Å². The highest BCUT2D eigenvalue weighted by Crippen LogP contribution is 2.26. The average molecular weight is 384 g/mol. The predicted octanol–water partition coefficient (Wildman–Crippen LogP) is 3.45. The molecule has 0 saturated carbocycles. The van der Waals surface area contributed by atoms with E-state index in [9.17, 15) is 9.18 Å². The minimum atomic E-state index is -0.407. The van der Waals surface area contributed by atoms with Gasteiger partial charge in [-0.2, -0.15) is 4.98 Å². The van der Waals surface area contributed by atoms with Crippen molar-refractivity contribution in [2.75, 3.05) is 19.0 Å². The molecule has 0 aliphatic rings. The molecule has 1 heterocycles. The van der Waals surface area contributed by atoms with Gasteiger partial charge in [-0.25, -0.2) is 9.07 Å². The van der Waals surface area contributed by atoms with Crippen molar-refractivity contribution < 1.29 is 18.7 Å². The van der Waals surface area contributed by atoms with E-state index in [-0.39, 0.29) is 24.6 Å². The van der Waals surface area contributed by atoms with Crippen molar-refractivity contribution in [1.29, 1.82) is 0 Å². The zero-order valence-corrected chi connectivity index (χ0v) is 15.8. The normalized spacial score (nSPS) is 10.9. The Morgan fingerprint density at radius 1 is 1.18 bits per heavy atom. The molecule has 7 nitrogen and oxygen atoms in total. The minimum absolute atomic E-state index is 0.0296. The van der Waals surface area contributed by atoms with E-state index in [1.165, 1.54) is 17.9 Å².